The molecule has 116 valence electrons. The maximum absolute atomic E-state index is 11.4. The predicted molar refractivity (Wildman–Crippen MR) is 85.4 cm³/mol. The van der Waals surface area contributed by atoms with Gasteiger partial charge in [-0.15, -0.1) is 0 Å². The highest BCUT2D eigenvalue weighted by Gasteiger charge is 2.21. The van der Waals surface area contributed by atoms with Crippen molar-refractivity contribution in [2.45, 2.75) is 64.0 Å². The van der Waals surface area contributed by atoms with E-state index in [1.54, 1.807) is 0 Å². The lowest BCUT2D eigenvalue weighted by atomic mass is 9.98. The molecule has 0 saturated heterocycles. The molecule has 2 N–H and O–H groups in total. The van der Waals surface area contributed by atoms with E-state index < -0.39 is 12.0 Å². The van der Waals surface area contributed by atoms with Crippen LogP contribution in [-0.4, -0.2) is 23.2 Å². The number of carboxylic acids is 1. The standard InChI is InChI=1S/C18H27NO2/c1-14(11-12-15-7-5-6-8-15)19-17(18(20)21)13-16-9-3-2-4-10-16/h2-4,9-10,14-15,17,19H,5-8,11-13H2,1H3,(H,20,21)/t14?,17-/m1/s1. The number of hydrogen-bond donors (Lipinski definition) is 2. The molecule has 1 aliphatic rings. The van der Waals surface area contributed by atoms with Gasteiger partial charge < -0.3 is 10.4 Å². The number of rotatable bonds is 8. The normalized spacial score (nSPS) is 18.5. The fourth-order valence-electron chi connectivity index (χ4n) is 3.28. The van der Waals surface area contributed by atoms with E-state index in [-0.39, 0.29) is 6.04 Å². The highest BCUT2D eigenvalue weighted by atomic mass is 16.4. The lowest BCUT2D eigenvalue weighted by molar-refractivity contribution is -0.139. The molecule has 21 heavy (non-hydrogen) atoms. The van der Waals surface area contributed by atoms with Crippen LogP contribution in [0.5, 0.6) is 0 Å². The van der Waals surface area contributed by atoms with Gasteiger partial charge >= 0.3 is 5.97 Å². The van der Waals surface area contributed by atoms with Crippen LogP contribution in [0.1, 0.15) is 51.0 Å². The van der Waals surface area contributed by atoms with Crippen LogP contribution >= 0.6 is 0 Å². The largest absolute Gasteiger partial charge is 0.480 e. The van der Waals surface area contributed by atoms with Crippen molar-refractivity contribution in [1.29, 1.82) is 0 Å². The molecule has 1 saturated carbocycles. The number of aliphatic carboxylic acids is 1. The van der Waals surface area contributed by atoms with Gasteiger partial charge in [0.15, 0.2) is 0 Å². The van der Waals surface area contributed by atoms with Crippen LogP contribution in [0.25, 0.3) is 0 Å². The van der Waals surface area contributed by atoms with Crippen molar-refractivity contribution in [3.63, 3.8) is 0 Å². The third-order valence-electron chi connectivity index (χ3n) is 4.55. The zero-order chi connectivity index (χ0) is 15.1. The molecule has 0 bridgehead atoms. The molecule has 2 rings (SSSR count). The summed E-state index contributed by atoms with van der Waals surface area (Å²) in [6.45, 7) is 2.11. The lowest BCUT2D eigenvalue weighted by Gasteiger charge is -2.21. The summed E-state index contributed by atoms with van der Waals surface area (Å²) in [5.41, 5.74) is 1.07. The zero-order valence-corrected chi connectivity index (χ0v) is 12.9. The van der Waals surface area contributed by atoms with Crippen LogP contribution in [0, 0.1) is 5.92 Å². The van der Waals surface area contributed by atoms with Crippen LogP contribution in [0.3, 0.4) is 0 Å². The lowest BCUT2D eigenvalue weighted by Crippen LogP contribution is -2.43. The molecule has 3 heteroatoms. The Labute approximate surface area is 127 Å². The Morgan fingerprint density at radius 2 is 1.95 bits per heavy atom. The van der Waals surface area contributed by atoms with Crippen LogP contribution < -0.4 is 5.32 Å². The summed E-state index contributed by atoms with van der Waals surface area (Å²) in [5.74, 6) is 0.109. The fourth-order valence-corrected chi connectivity index (χ4v) is 3.28. The van der Waals surface area contributed by atoms with Gasteiger partial charge in [-0.1, -0.05) is 56.0 Å². The number of benzene rings is 1. The molecular formula is C18H27NO2. The van der Waals surface area contributed by atoms with Crippen molar-refractivity contribution in [3.05, 3.63) is 35.9 Å². The average Bonchev–Trinajstić information content (AvgIpc) is 2.99. The molecule has 1 fully saturated rings. The number of hydrogen-bond acceptors (Lipinski definition) is 2. The molecule has 0 aliphatic heterocycles. The van der Waals surface area contributed by atoms with Gasteiger partial charge in [0.25, 0.3) is 0 Å². The van der Waals surface area contributed by atoms with E-state index in [1.165, 1.54) is 32.1 Å². The molecule has 1 unspecified atom stereocenters. The smallest absolute Gasteiger partial charge is 0.321 e. The Balaban J connectivity index is 1.79. The number of carbonyl (C=O) groups is 1. The maximum Gasteiger partial charge on any atom is 0.321 e. The Hall–Kier alpha value is -1.35. The molecule has 3 nitrogen and oxygen atoms in total. The van der Waals surface area contributed by atoms with Gasteiger partial charge in [0, 0.05) is 6.04 Å². The minimum absolute atomic E-state index is 0.260. The van der Waals surface area contributed by atoms with Crippen molar-refractivity contribution in [3.8, 4) is 0 Å². The Bertz CT molecular complexity index is 426. The average molecular weight is 289 g/mol. The maximum atomic E-state index is 11.4. The second-order valence-electron chi connectivity index (χ2n) is 6.38. The van der Waals surface area contributed by atoms with Gasteiger partial charge in [-0.3, -0.25) is 4.79 Å². The van der Waals surface area contributed by atoms with Crippen molar-refractivity contribution in [2.24, 2.45) is 5.92 Å². The van der Waals surface area contributed by atoms with Crippen molar-refractivity contribution in [2.75, 3.05) is 0 Å². The molecule has 2 atom stereocenters. The third-order valence-corrected chi connectivity index (χ3v) is 4.55. The van der Waals surface area contributed by atoms with Gasteiger partial charge in [-0.2, -0.15) is 0 Å². The minimum Gasteiger partial charge on any atom is -0.480 e. The molecule has 0 amide bonds. The van der Waals surface area contributed by atoms with E-state index >= 15 is 0 Å². The SMILES string of the molecule is CC(CCC1CCCC1)N[C@H](Cc1ccccc1)C(=O)O. The van der Waals surface area contributed by atoms with E-state index in [4.69, 9.17) is 0 Å². The van der Waals surface area contributed by atoms with Crippen molar-refractivity contribution >= 4 is 5.97 Å². The summed E-state index contributed by atoms with van der Waals surface area (Å²) >= 11 is 0. The van der Waals surface area contributed by atoms with Gasteiger partial charge in [-0.05, 0) is 37.7 Å². The third kappa shape index (κ3) is 5.50. The van der Waals surface area contributed by atoms with E-state index in [0.717, 1.165) is 17.9 Å². The van der Waals surface area contributed by atoms with Crippen LogP contribution in [0.4, 0.5) is 0 Å². The number of nitrogens with one attached hydrogen (secondary N) is 1. The second kappa shape index (κ2) is 8.18. The summed E-state index contributed by atoms with van der Waals surface area (Å²) in [6.07, 6.45) is 8.31. The molecule has 1 aromatic carbocycles. The van der Waals surface area contributed by atoms with Gasteiger partial charge in [0.05, 0.1) is 0 Å². The van der Waals surface area contributed by atoms with E-state index in [9.17, 15) is 9.90 Å². The van der Waals surface area contributed by atoms with E-state index in [2.05, 4.69) is 12.2 Å². The molecular weight excluding hydrogens is 262 g/mol. The van der Waals surface area contributed by atoms with Crippen LogP contribution in [0.15, 0.2) is 30.3 Å². The number of carboxylic acid groups (broad SMARTS) is 1. The summed E-state index contributed by atoms with van der Waals surface area (Å²) in [4.78, 5) is 11.4. The van der Waals surface area contributed by atoms with Gasteiger partial charge in [0.1, 0.15) is 6.04 Å². The van der Waals surface area contributed by atoms with Crippen LogP contribution in [0.2, 0.25) is 0 Å². The summed E-state index contributed by atoms with van der Waals surface area (Å²) in [7, 11) is 0. The second-order valence-corrected chi connectivity index (χ2v) is 6.38. The first kappa shape index (κ1) is 16.0. The molecule has 0 heterocycles. The minimum atomic E-state index is -0.758. The first-order valence-corrected chi connectivity index (χ1v) is 8.18. The van der Waals surface area contributed by atoms with E-state index in [1.807, 2.05) is 30.3 Å². The summed E-state index contributed by atoms with van der Waals surface area (Å²) < 4.78 is 0. The van der Waals surface area contributed by atoms with Crippen LogP contribution in [-0.2, 0) is 11.2 Å². The van der Waals surface area contributed by atoms with E-state index in [0.29, 0.717) is 6.42 Å². The molecule has 1 aromatic rings. The topological polar surface area (TPSA) is 49.3 Å². The highest BCUT2D eigenvalue weighted by Crippen LogP contribution is 2.28. The Kier molecular flexibility index (Phi) is 6.24. The Morgan fingerprint density at radius 3 is 2.57 bits per heavy atom. The Morgan fingerprint density at radius 1 is 1.29 bits per heavy atom. The first-order valence-electron chi connectivity index (χ1n) is 8.18. The first-order chi connectivity index (χ1) is 10.1. The highest BCUT2D eigenvalue weighted by molar-refractivity contribution is 5.74. The molecule has 0 radical (unpaired) electrons. The van der Waals surface area contributed by atoms with Gasteiger partial charge in [0.2, 0.25) is 0 Å². The van der Waals surface area contributed by atoms with Crippen molar-refractivity contribution in [1.82, 2.24) is 5.32 Å². The molecule has 0 spiro atoms. The zero-order valence-electron chi connectivity index (χ0n) is 12.9. The monoisotopic (exact) mass is 289 g/mol. The predicted octanol–water partition coefficient (Wildman–Crippen LogP) is 3.63. The fraction of sp³-hybridized carbons (Fsp3) is 0.611. The quantitative estimate of drug-likeness (QED) is 0.768. The molecule has 0 aromatic heterocycles. The van der Waals surface area contributed by atoms with Gasteiger partial charge in [-0.25, -0.2) is 0 Å². The summed E-state index contributed by atoms with van der Waals surface area (Å²) in [6, 6.07) is 9.61. The summed E-state index contributed by atoms with van der Waals surface area (Å²) in [5, 5.41) is 12.7. The van der Waals surface area contributed by atoms with Crippen molar-refractivity contribution < 1.29 is 9.90 Å². The molecule has 1 aliphatic carbocycles.